The van der Waals surface area contributed by atoms with Crippen LogP contribution in [0.2, 0.25) is 0 Å². The van der Waals surface area contributed by atoms with Crippen molar-refractivity contribution in [3.8, 4) is 11.5 Å². The number of rotatable bonds is 6. The van der Waals surface area contributed by atoms with Crippen LogP contribution < -0.4 is 14.8 Å². The van der Waals surface area contributed by atoms with E-state index in [4.69, 9.17) is 9.47 Å². The van der Waals surface area contributed by atoms with E-state index < -0.39 is 0 Å². The highest BCUT2D eigenvalue weighted by Gasteiger charge is 2.31. The van der Waals surface area contributed by atoms with Crippen LogP contribution in [-0.2, 0) is 11.3 Å². The van der Waals surface area contributed by atoms with Crippen LogP contribution in [-0.4, -0.2) is 69.2 Å². The summed E-state index contributed by atoms with van der Waals surface area (Å²) in [4.78, 5) is 17.7. The molecule has 1 atom stereocenters. The van der Waals surface area contributed by atoms with Gasteiger partial charge >= 0.3 is 0 Å². The van der Waals surface area contributed by atoms with E-state index in [2.05, 4.69) is 22.2 Å². The Balaban J connectivity index is 1.53. The molecule has 0 radical (unpaired) electrons. The molecule has 0 aromatic heterocycles. The van der Waals surface area contributed by atoms with Gasteiger partial charge in [-0.05, 0) is 70.1 Å². The van der Waals surface area contributed by atoms with Crippen LogP contribution in [0, 0.1) is 5.92 Å². The third kappa shape index (κ3) is 5.36. The van der Waals surface area contributed by atoms with Gasteiger partial charge in [0.2, 0.25) is 5.91 Å². The van der Waals surface area contributed by atoms with Gasteiger partial charge in [0.15, 0.2) is 0 Å². The number of hydrogen-bond acceptors (Lipinski definition) is 5. The number of nitrogens with one attached hydrogen (secondary N) is 1. The molecule has 0 saturated carbocycles. The van der Waals surface area contributed by atoms with Crippen molar-refractivity contribution in [1.29, 1.82) is 0 Å². The Hall–Kier alpha value is -1.79. The molecule has 3 rings (SSSR count). The van der Waals surface area contributed by atoms with Gasteiger partial charge in [-0.2, -0.15) is 0 Å². The third-order valence-corrected chi connectivity index (χ3v) is 5.91. The van der Waals surface area contributed by atoms with Gasteiger partial charge in [-0.25, -0.2) is 0 Å². The number of amides is 1. The number of carbonyl (C=O) groups is 1. The fourth-order valence-electron chi connectivity index (χ4n) is 4.21. The number of nitrogens with zero attached hydrogens (tertiary/aromatic N) is 2. The van der Waals surface area contributed by atoms with Crippen molar-refractivity contribution in [1.82, 2.24) is 15.1 Å². The molecule has 2 fully saturated rings. The Labute approximate surface area is 162 Å². The summed E-state index contributed by atoms with van der Waals surface area (Å²) in [6.45, 7) is 4.84. The number of carbonyl (C=O) groups excluding carboxylic acids is 1. The van der Waals surface area contributed by atoms with Gasteiger partial charge in [0, 0.05) is 25.2 Å². The third-order valence-electron chi connectivity index (χ3n) is 5.91. The lowest BCUT2D eigenvalue weighted by Gasteiger charge is -2.41. The van der Waals surface area contributed by atoms with Crippen LogP contribution in [0.4, 0.5) is 0 Å². The molecule has 1 unspecified atom stereocenters. The topological polar surface area (TPSA) is 54.0 Å². The highest BCUT2D eigenvalue weighted by molar-refractivity contribution is 5.79. The lowest BCUT2D eigenvalue weighted by atomic mass is 9.93. The summed E-state index contributed by atoms with van der Waals surface area (Å²) in [7, 11) is 5.46. The van der Waals surface area contributed by atoms with Crippen molar-refractivity contribution < 1.29 is 14.3 Å². The van der Waals surface area contributed by atoms with Crippen LogP contribution in [0.3, 0.4) is 0 Å². The van der Waals surface area contributed by atoms with Gasteiger partial charge in [0.05, 0.1) is 20.1 Å². The lowest BCUT2D eigenvalue weighted by Crippen LogP contribution is -2.50. The molecule has 2 saturated heterocycles. The number of ether oxygens (including phenoxy) is 2. The van der Waals surface area contributed by atoms with Crippen molar-refractivity contribution in [3.63, 3.8) is 0 Å². The molecule has 0 aliphatic carbocycles. The van der Waals surface area contributed by atoms with Gasteiger partial charge in [0.25, 0.3) is 0 Å². The number of benzene rings is 1. The molecule has 6 heteroatoms. The van der Waals surface area contributed by atoms with Gasteiger partial charge in [0.1, 0.15) is 11.5 Å². The van der Waals surface area contributed by atoms with E-state index in [-0.39, 0.29) is 11.8 Å². The molecule has 2 aliphatic rings. The molecule has 150 valence electrons. The number of likely N-dealkylation sites (tertiary alicyclic amines) is 2. The maximum absolute atomic E-state index is 12.8. The van der Waals surface area contributed by atoms with Crippen molar-refractivity contribution >= 4 is 5.91 Å². The Morgan fingerprint density at radius 1 is 1.07 bits per heavy atom. The van der Waals surface area contributed by atoms with Gasteiger partial charge in [-0.3, -0.25) is 9.69 Å². The zero-order chi connectivity index (χ0) is 19.2. The minimum atomic E-state index is 0.0888. The fraction of sp³-hybridized carbons (Fsp3) is 0.667. The van der Waals surface area contributed by atoms with Crippen LogP contribution >= 0.6 is 0 Å². The average Bonchev–Trinajstić information content (AvgIpc) is 2.72. The van der Waals surface area contributed by atoms with Crippen LogP contribution in [0.5, 0.6) is 11.5 Å². The molecule has 27 heavy (non-hydrogen) atoms. The van der Waals surface area contributed by atoms with Crippen molar-refractivity contribution in [2.45, 2.75) is 38.3 Å². The summed E-state index contributed by atoms with van der Waals surface area (Å²) in [6, 6.07) is 6.36. The predicted molar refractivity (Wildman–Crippen MR) is 106 cm³/mol. The molecular weight excluding hydrogens is 342 g/mol. The summed E-state index contributed by atoms with van der Waals surface area (Å²) in [5, 5.41) is 3.12. The van der Waals surface area contributed by atoms with E-state index in [1.54, 1.807) is 14.2 Å². The Morgan fingerprint density at radius 3 is 2.37 bits per heavy atom. The summed E-state index contributed by atoms with van der Waals surface area (Å²) in [6.07, 6.45) is 4.52. The Morgan fingerprint density at radius 2 is 1.74 bits per heavy atom. The first kappa shape index (κ1) is 20.0. The van der Waals surface area contributed by atoms with Gasteiger partial charge < -0.3 is 19.7 Å². The number of hydrogen-bond donors (Lipinski definition) is 1. The van der Waals surface area contributed by atoms with Gasteiger partial charge in [-0.1, -0.05) is 0 Å². The highest BCUT2D eigenvalue weighted by atomic mass is 16.5. The van der Waals surface area contributed by atoms with Crippen LogP contribution in [0.15, 0.2) is 18.2 Å². The van der Waals surface area contributed by atoms with E-state index in [0.29, 0.717) is 12.6 Å². The highest BCUT2D eigenvalue weighted by Crippen LogP contribution is 2.25. The quantitative estimate of drug-likeness (QED) is 0.826. The molecule has 1 N–H and O–H groups in total. The first-order valence-corrected chi connectivity index (χ1v) is 10.0. The summed E-state index contributed by atoms with van der Waals surface area (Å²) >= 11 is 0. The summed E-state index contributed by atoms with van der Waals surface area (Å²) in [5.74, 6) is 1.73. The first-order chi connectivity index (χ1) is 13.1. The average molecular weight is 376 g/mol. The van der Waals surface area contributed by atoms with Crippen molar-refractivity contribution in [2.75, 3.05) is 47.4 Å². The standard InChI is InChI=1S/C21H33N3O3/c1-23-9-6-18(7-10-23)24-8-4-5-17(15-24)21(25)22-14-16-11-19(26-2)13-20(12-16)27-3/h11-13,17-18H,4-10,14-15H2,1-3H3,(H,22,25). The minimum Gasteiger partial charge on any atom is -0.497 e. The zero-order valence-electron chi connectivity index (χ0n) is 16.9. The van der Waals surface area contributed by atoms with E-state index in [0.717, 1.165) is 56.1 Å². The Bertz CT molecular complexity index is 607. The van der Waals surface area contributed by atoms with E-state index in [9.17, 15) is 4.79 Å². The molecule has 1 aromatic rings. The maximum Gasteiger partial charge on any atom is 0.224 e. The second-order valence-corrected chi connectivity index (χ2v) is 7.81. The van der Waals surface area contributed by atoms with E-state index in [1.807, 2.05) is 18.2 Å². The minimum absolute atomic E-state index is 0.0888. The molecule has 0 spiro atoms. The molecular formula is C21H33N3O3. The largest absolute Gasteiger partial charge is 0.497 e. The van der Waals surface area contributed by atoms with Gasteiger partial charge in [-0.15, -0.1) is 0 Å². The molecule has 1 aromatic carbocycles. The van der Waals surface area contributed by atoms with Crippen LogP contribution in [0.25, 0.3) is 0 Å². The SMILES string of the molecule is COc1cc(CNC(=O)C2CCCN(C3CCN(C)CC3)C2)cc(OC)c1. The van der Waals surface area contributed by atoms with Crippen molar-refractivity contribution in [3.05, 3.63) is 23.8 Å². The van der Waals surface area contributed by atoms with E-state index >= 15 is 0 Å². The molecule has 6 nitrogen and oxygen atoms in total. The predicted octanol–water partition coefficient (Wildman–Crippen LogP) is 2.13. The first-order valence-electron chi connectivity index (χ1n) is 10.0. The number of methoxy groups -OCH3 is 2. The lowest BCUT2D eigenvalue weighted by molar-refractivity contribution is -0.127. The van der Waals surface area contributed by atoms with E-state index in [1.165, 1.54) is 12.8 Å². The second kappa shape index (κ2) is 9.42. The monoisotopic (exact) mass is 375 g/mol. The maximum atomic E-state index is 12.8. The van der Waals surface area contributed by atoms with Crippen LogP contribution in [0.1, 0.15) is 31.2 Å². The molecule has 2 aliphatic heterocycles. The van der Waals surface area contributed by atoms with Crippen molar-refractivity contribution in [2.24, 2.45) is 5.92 Å². The fourth-order valence-corrected chi connectivity index (χ4v) is 4.21. The second-order valence-electron chi connectivity index (χ2n) is 7.81. The summed E-state index contributed by atoms with van der Waals surface area (Å²) < 4.78 is 10.6. The molecule has 2 heterocycles. The normalized spacial score (nSPS) is 22.4. The Kier molecular flexibility index (Phi) is 6.96. The molecule has 0 bridgehead atoms. The molecule has 1 amide bonds. The number of piperidine rings is 2. The smallest absolute Gasteiger partial charge is 0.224 e. The zero-order valence-corrected chi connectivity index (χ0v) is 16.9. The summed E-state index contributed by atoms with van der Waals surface area (Å²) in [5.41, 5.74) is 0.988.